The van der Waals surface area contributed by atoms with Crippen LogP contribution < -0.4 is 0 Å². The number of carbonyl (C=O) groups is 1. The SMILES string of the molecule is CC(c1nc(-c2ccccc2)no1)N1CCN(C(=O)Cc2coc3cc4c(cc23)CCC4)CC1. The van der Waals surface area contributed by atoms with Crippen LogP contribution in [0.3, 0.4) is 0 Å². The topological polar surface area (TPSA) is 75.6 Å². The normalized spacial score (nSPS) is 17.3. The fourth-order valence-corrected chi connectivity index (χ4v) is 5.18. The van der Waals surface area contributed by atoms with E-state index in [0.717, 1.165) is 48.0 Å². The van der Waals surface area contributed by atoms with Crippen LogP contribution in [0.5, 0.6) is 0 Å². The average molecular weight is 457 g/mol. The minimum absolute atomic E-state index is 0.00197. The van der Waals surface area contributed by atoms with Gasteiger partial charge in [0.05, 0.1) is 18.7 Å². The van der Waals surface area contributed by atoms with Gasteiger partial charge < -0.3 is 13.8 Å². The summed E-state index contributed by atoms with van der Waals surface area (Å²) in [6.45, 7) is 5.00. The van der Waals surface area contributed by atoms with E-state index in [1.54, 1.807) is 6.26 Å². The van der Waals surface area contributed by atoms with Gasteiger partial charge in [-0.05, 0) is 49.4 Å². The molecule has 4 aromatic rings. The summed E-state index contributed by atoms with van der Waals surface area (Å²) in [5.74, 6) is 1.37. The fourth-order valence-electron chi connectivity index (χ4n) is 5.18. The molecule has 7 nitrogen and oxygen atoms in total. The van der Waals surface area contributed by atoms with E-state index >= 15 is 0 Å². The molecule has 0 bridgehead atoms. The highest BCUT2D eigenvalue weighted by Gasteiger charge is 2.28. The first-order valence-electron chi connectivity index (χ1n) is 12.1. The first-order valence-corrected chi connectivity index (χ1v) is 12.1. The van der Waals surface area contributed by atoms with E-state index in [2.05, 4.69) is 34.1 Å². The Kier molecular flexibility index (Phi) is 5.41. The van der Waals surface area contributed by atoms with Crippen LogP contribution in [0.25, 0.3) is 22.4 Å². The summed E-state index contributed by atoms with van der Waals surface area (Å²) in [6, 6.07) is 14.2. The van der Waals surface area contributed by atoms with Crippen LogP contribution in [-0.4, -0.2) is 52.0 Å². The van der Waals surface area contributed by atoms with Crippen molar-refractivity contribution in [2.45, 2.75) is 38.6 Å². The number of rotatable bonds is 5. The van der Waals surface area contributed by atoms with Crippen molar-refractivity contribution in [3.05, 3.63) is 71.3 Å². The zero-order chi connectivity index (χ0) is 23.1. The summed E-state index contributed by atoms with van der Waals surface area (Å²) in [6.07, 6.45) is 5.59. The third-order valence-corrected chi connectivity index (χ3v) is 7.26. The second-order valence-corrected chi connectivity index (χ2v) is 9.32. The number of fused-ring (bicyclic) bond motifs is 2. The molecular formula is C27H28N4O3. The molecule has 1 atom stereocenters. The van der Waals surface area contributed by atoms with E-state index in [1.165, 1.54) is 17.5 Å². The zero-order valence-corrected chi connectivity index (χ0v) is 19.4. The predicted octanol–water partition coefficient (Wildman–Crippen LogP) is 4.42. The van der Waals surface area contributed by atoms with Gasteiger partial charge in [-0.2, -0.15) is 4.98 Å². The van der Waals surface area contributed by atoms with Crippen LogP contribution in [-0.2, 0) is 24.1 Å². The second kappa shape index (κ2) is 8.72. The molecule has 0 saturated carbocycles. The van der Waals surface area contributed by atoms with E-state index in [-0.39, 0.29) is 11.9 Å². The van der Waals surface area contributed by atoms with Gasteiger partial charge >= 0.3 is 0 Å². The number of piperazine rings is 1. The average Bonchev–Trinajstić information content (AvgIpc) is 3.63. The highest BCUT2D eigenvalue weighted by molar-refractivity contribution is 5.88. The summed E-state index contributed by atoms with van der Waals surface area (Å²) in [5, 5.41) is 5.24. The molecule has 1 amide bonds. The molecule has 1 aliphatic heterocycles. The molecule has 2 aromatic carbocycles. The van der Waals surface area contributed by atoms with Gasteiger partial charge in [0.2, 0.25) is 17.6 Å². The summed E-state index contributed by atoms with van der Waals surface area (Å²) < 4.78 is 11.3. The Morgan fingerprint density at radius 3 is 2.62 bits per heavy atom. The Morgan fingerprint density at radius 2 is 1.82 bits per heavy atom. The van der Waals surface area contributed by atoms with E-state index in [1.807, 2.05) is 35.2 Å². The van der Waals surface area contributed by atoms with Crippen LogP contribution in [0.1, 0.15) is 42.0 Å². The summed E-state index contributed by atoms with van der Waals surface area (Å²) in [4.78, 5) is 21.9. The maximum atomic E-state index is 13.1. The number of hydrogen-bond acceptors (Lipinski definition) is 6. The first kappa shape index (κ1) is 21.1. The Hall–Kier alpha value is -3.45. The third-order valence-electron chi connectivity index (χ3n) is 7.26. The number of amides is 1. The number of hydrogen-bond donors (Lipinski definition) is 0. The molecule has 6 rings (SSSR count). The number of aromatic nitrogens is 2. The van der Waals surface area contributed by atoms with Crippen molar-refractivity contribution in [2.24, 2.45) is 0 Å². The summed E-state index contributed by atoms with van der Waals surface area (Å²) in [5.41, 5.74) is 5.63. The predicted molar refractivity (Wildman–Crippen MR) is 128 cm³/mol. The van der Waals surface area contributed by atoms with Gasteiger partial charge in [-0.25, -0.2) is 0 Å². The molecule has 3 heterocycles. The molecule has 7 heteroatoms. The van der Waals surface area contributed by atoms with Gasteiger partial charge in [-0.3, -0.25) is 9.69 Å². The molecule has 1 fully saturated rings. The van der Waals surface area contributed by atoms with Crippen molar-refractivity contribution in [1.29, 1.82) is 0 Å². The van der Waals surface area contributed by atoms with Crippen molar-refractivity contribution in [1.82, 2.24) is 19.9 Å². The van der Waals surface area contributed by atoms with Crippen molar-refractivity contribution in [2.75, 3.05) is 26.2 Å². The lowest BCUT2D eigenvalue weighted by Crippen LogP contribution is -2.49. The number of nitrogens with zero attached hydrogens (tertiary/aromatic N) is 4. The van der Waals surface area contributed by atoms with E-state index in [9.17, 15) is 4.79 Å². The molecule has 2 aliphatic rings. The molecule has 1 aliphatic carbocycles. The molecule has 1 unspecified atom stereocenters. The molecule has 2 aromatic heterocycles. The molecule has 174 valence electrons. The quantitative estimate of drug-likeness (QED) is 0.443. The van der Waals surface area contributed by atoms with Crippen LogP contribution >= 0.6 is 0 Å². The van der Waals surface area contributed by atoms with Gasteiger partial charge in [0.1, 0.15) is 5.58 Å². The lowest BCUT2D eigenvalue weighted by Gasteiger charge is -2.36. The Morgan fingerprint density at radius 1 is 1.06 bits per heavy atom. The highest BCUT2D eigenvalue weighted by Crippen LogP contribution is 2.31. The lowest BCUT2D eigenvalue weighted by atomic mass is 10.0. The standard InChI is InChI=1S/C27H28N4O3/c1-18(27-28-26(29-34-27)19-6-3-2-4-7-19)30-10-12-31(13-11-30)25(32)16-22-17-33-24-15-21-9-5-8-20(21)14-23(22)24/h2-4,6-7,14-15,17-18H,5,8-13,16H2,1H3. The van der Waals surface area contributed by atoms with E-state index < -0.39 is 0 Å². The van der Waals surface area contributed by atoms with Crippen LogP contribution in [0, 0.1) is 0 Å². The largest absolute Gasteiger partial charge is 0.464 e. The Labute approximate surface area is 198 Å². The van der Waals surface area contributed by atoms with Crippen molar-refractivity contribution < 1.29 is 13.7 Å². The molecule has 0 radical (unpaired) electrons. The molecular weight excluding hydrogens is 428 g/mol. The van der Waals surface area contributed by atoms with Crippen molar-refractivity contribution >= 4 is 16.9 Å². The first-order chi connectivity index (χ1) is 16.7. The van der Waals surface area contributed by atoms with Gasteiger partial charge in [-0.1, -0.05) is 35.5 Å². The monoisotopic (exact) mass is 456 g/mol. The molecule has 0 spiro atoms. The van der Waals surface area contributed by atoms with Gasteiger partial charge in [0.25, 0.3) is 0 Å². The van der Waals surface area contributed by atoms with E-state index in [0.29, 0.717) is 31.2 Å². The van der Waals surface area contributed by atoms with Gasteiger partial charge in [0.15, 0.2) is 0 Å². The van der Waals surface area contributed by atoms with Crippen LogP contribution in [0.15, 0.2) is 57.7 Å². The van der Waals surface area contributed by atoms with Gasteiger partial charge in [0, 0.05) is 42.7 Å². The fraction of sp³-hybridized carbons (Fsp3) is 0.370. The van der Waals surface area contributed by atoms with Crippen LogP contribution in [0.2, 0.25) is 0 Å². The number of benzene rings is 2. The number of aryl methyl sites for hydroxylation is 2. The second-order valence-electron chi connectivity index (χ2n) is 9.32. The van der Waals surface area contributed by atoms with E-state index in [4.69, 9.17) is 8.94 Å². The number of furan rings is 1. The molecule has 1 saturated heterocycles. The minimum atomic E-state index is 0.00197. The van der Waals surface area contributed by atoms with Gasteiger partial charge in [-0.15, -0.1) is 0 Å². The zero-order valence-electron chi connectivity index (χ0n) is 19.4. The highest BCUT2D eigenvalue weighted by atomic mass is 16.5. The maximum Gasteiger partial charge on any atom is 0.244 e. The number of carbonyl (C=O) groups excluding carboxylic acids is 1. The third kappa shape index (κ3) is 3.90. The smallest absolute Gasteiger partial charge is 0.244 e. The maximum absolute atomic E-state index is 13.1. The summed E-state index contributed by atoms with van der Waals surface area (Å²) in [7, 11) is 0. The minimum Gasteiger partial charge on any atom is -0.464 e. The lowest BCUT2D eigenvalue weighted by molar-refractivity contribution is -0.132. The molecule has 34 heavy (non-hydrogen) atoms. The van der Waals surface area contributed by atoms with Crippen molar-refractivity contribution in [3.63, 3.8) is 0 Å². The Balaban J connectivity index is 1.08. The molecule has 0 N–H and O–H groups in total. The Bertz CT molecular complexity index is 1320. The van der Waals surface area contributed by atoms with Crippen molar-refractivity contribution in [3.8, 4) is 11.4 Å². The van der Waals surface area contributed by atoms with Crippen LogP contribution in [0.4, 0.5) is 0 Å². The summed E-state index contributed by atoms with van der Waals surface area (Å²) >= 11 is 0.